The van der Waals surface area contributed by atoms with Gasteiger partial charge in [-0.15, -0.1) is 0 Å². The van der Waals surface area contributed by atoms with Crippen LogP contribution in [0.5, 0.6) is 0 Å². The summed E-state index contributed by atoms with van der Waals surface area (Å²) in [5.41, 5.74) is 9.19. The fraction of sp³-hybridized carbons (Fsp3) is 0.200. The summed E-state index contributed by atoms with van der Waals surface area (Å²) in [5.74, 6) is -0.241. The van der Waals surface area contributed by atoms with Gasteiger partial charge >= 0.3 is 0 Å². The Hall–Kier alpha value is -1.87. The summed E-state index contributed by atoms with van der Waals surface area (Å²) in [6.07, 6.45) is 0. The van der Waals surface area contributed by atoms with Crippen LogP contribution >= 0.6 is 0 Å². The largest absolute Gasteiger partial charge is 0.398 e. The molecule has 2 aromatic carbocycles. The van der Waals surface area contributed by atoms with Crippen LogP contribution in [0.4, 0.5) is 10.1 Å². The first-order valence-corrected chi connectivity index (χ1v) is 5.83. The number of anilines is 1. The fourth-order valence-electron chi connectivity index (χ4n) is 1.73. The van der Waals surface area contributed by atoms with Gasteiger partial charge in [0.15, 0.2) is 0 Å². The summed E-state index contributed by atoms with van der Waals surface area (Å²) < 4.78 is 18.8. The Balaban J connectivity index is 1.95. The minimum atomic E-state index is -0.241. The minimum Gasteiger partial charge on any atom is -0.398 e. The van der Waals surface area contributed by atoms with Gasteiger partial charge in [-0.2, -0.15) is 0 Å². The molecule has 0 unspecified atom stereocenters. The van der Waals surface area contributed by atoms with Crippen molar-refractivity contribution in [2.45, 2.75) is 20.1 Å². The van der Waals surface area contributed by atoms with Gasteiger partial charge in [-0.25, -0.2) is 4.39 Å². The van der Waals surface area contributed by atoms with E-state index in [2.05, 4.69) is 0 Å². The van der Waals surface area contributed by atoms with Gasteiger partial charge in [0.05, 0.1) is 13.2 Å². The van der Waals surface area contributed by atoms with Gasteiger partial charge in [-0.3, -0.25) is 0 Å². The van der Waals surface area contributed by atoms with E-state index in [1.54, 1.807) is 18.2 Å². The zero-order valence-electron chi connectivity index (χ0n) is 10.3. The van der Waals surface area contributed by atoms with E-state index in [0.29, 0.717) is 17.9 Å². The van der Waals surface area contributed by atoms with Crippen molar-refractivity contribution in [1.29, 1.82) is 0 Å². The van der Waals surface area contributed by atoms with Crippen LogP contribution in [0.3, 0.4) is 0 Å². The van der Waals surface area contributed by atoms with Crippen molar-refractivity contribution in [1.82, 2.24) is 0 Å². The summed E-state index contributed by atoms with van der Waals surface area (Å²) in [4.78, 5) is 0. The molecule has 18 heavy (non-hydrogen) atoms. The average molecular weight is 245 g/mol. The lowest BCUT2D eigenvalue weighted by molar-refractivity contribution is 0.105. The highest BCUT2D eigenvalue weighted by Gasteiger charge is 2.03. The van der Waals surface area contributed by atoms with Gasteiger partial charge in [0, 0.05) is 16.8 Å². The van der Waals surface area contributed by atoms with E-state index in [4.69, 9.17) is 10.5 Å². The lowest BCUT2D eigenvalue weighted by atomic mass is 10.1. The van der Waals surface area contributed by atoms with E-state index in [-0.39, 0.29) is 12.4 Å². The molecule has 2 aromatic rings. The molecule has 0 aliphatic rings. The highest BCUT2D eigenvalue weighted by atomic mass is 19.1. The molecular weight excluding hydrogens is 229 g/mol. The molecule has 2 nitrogen and oxygen atoms in total. The number of aryl methyl sites for hydroxylation is 1. The molecule has 3 heteroatoms. The third kappa shape index (κ3) is 3.08. The topological polar surface area (TPSA) is 35.2 Å². The van der Waals surface area contributed by atoms with Crippen LogP contribution in [0.25, 0.3) is 0 Å². The predicted molar refractivity (Wildman–Crippen MR) is 70.5 cm³/mol. The molecule has 0 aliphatic carbocycles. The summed E-state index contributed by atoms with van der Waals surface area (Å²) in [6.45, 7) is 2.63. The third-order valence-corrected chi connectivity index (χ3v) is 2.77. The molecule has 0 saturated heterocycles. The maximum absolute atomic E-state index is 13.3. The SMILES string of the molecule is Cc1ccc(COCc2ccccc2F)c(N)c1. The lowest BCUT2D eigenvalue weighted by Gasteiger charge is -2.08. The second-order valence-electron chi connectivity index (χ2n) is 4.29. The zero-order valence-corrected chi connectivity index (χ0v) is 10.3. The van der Waals surface area contributed by atoms with Crippen LogP contribution < -0.4 is 5.73 Å². The molecule has 0 atom stereocenters. The molecule has 2 N–H and O–H groups in total. The zero-order chi connectivity index (χ0) is 13.0. The normalized spacial score (nSPS) is 10.6. The van der Waals surface area contributed by atoms with Gasteiger partial charge in [0.25, 0.3) is 0 Å². The van der Waals surface area contributed by atoms with Crippen molar-refractivity contribution < 1.29 is 9.13 Å². The van der Waals surface area contributed by atoms with Crippen molar-refractivity contribution in [2.75, 3.05) is 5.73 Å². The Kier molecular flexibility index (Phi) is 3.95. The Bertz CT molecular complexity index is 540. The van der Waals surface area contributed by atoms with Crippen molar-refractivity contribution in [3.63, 3.8) is 0 Å². The summed E-state index contributed by atoms with van der Waals surface area (Å²) in [5, 5.41) is 0. The minimum absolute atomic E-state index is 0.241. The Morgan fingerprint density at radius 1 is 1.06 bits per heavy atom. The molecule has 0 radical (unpaired) electrons. The molecule has 0 aliphatic heterocycles. The van der Waals surface area contributed by atoms with Gasteiger partial charge in [-0.1, -0.05) is 30.3 Å². The smallest absolute Gasteiger partial charge is 0.128 e. The van der Waals surface area contributed by atoms with Crippen molar-refractivity contribution in [2.24, 2.45) is 0 Å². The number of hydrogen-bond acceptors (Lipinski definition) is 2. The highest BCUT2D eigenvalue weighted by Crippen LogP contribution is 2.16. The molecule has 0 saturated carbocycles. The van der Waals surface area contributed by atoms with Gasteiger partial charge in [0.2, 0.25) is 0 Å². The number of halogens is 1. The van der Waals surface area contributed by atoms with E-state index < -0.39 is 0 Å². The van der Waals surface area contributed by atoms with Gasteiger partial charge in [-0.05, 0) is 24.6 Å². The van der Waals surface area contributed by atoms with Crippen molar-refractivity contribution >= 4 is 5.69 Å². The van der Waals surface area contributed by atoms with Crippen molar-refractivity contribution in [3.05, 3.63) is 65.0 Å². The van der Waals surface area contributed by atoms with E-state index in [9.17, 15) is 4.39 Å². The van der Waals surface area contributed by atoms with Crippen molar-refractivity contribution in [3.8, 4) is 0 Å². The number of nitrogen functional groups attached to an aromatic ring is 1. The van der Waals surface area contributed by atoms with E-state index in [1.165, 1.54) is 6.07 Å². The van der Waals surface area contributed by atoms with Crippen LogP contribution in [0, 0.1) is 12.7 Å². The van der Waals surface area contributed by atoms with Crippen LogP contribution in [-0.4, -0.2) is 0 Å². The Morgan fingerprint density at radius 2 is 1.78 bits per heavy atom. The van der Waals surface area contributed by atoms with Crippen LogP contribution in [0.1, 0.15) is 16.7 Å². The molecule has 0 fully saturated rings. The molecule has 2 rings (SSSR count). The summed E-state index contributed by atoms with van der Waals surface area (Å²) in [6, 6.07) is 12.4. The lowest BCUT2D eigenvalue weighted by Crippen LogP contribution is -2.00. The molecule has 0 spiro atoms. The van der Waals surface area contributed by atoms with Gasteiger partial charge < -0.3 is 10.5 Å². The third-order valence-electron chi connectivity index (χ3n) is 2.77. The fourth-order valence-corrected chi connectivity index (χ4v) is 1.73. The molecular formula is C15H16FNO. The van der Waals surface area contributed by atoms with E-state index in [1.807, 2.05) is 25.1 Å². The first-order chi connectivity index (χ1) is 8.66. The van der Waals surface area contributed by atoms with Crippen LogP contribution in [0.2, 0.25) is 0 Å². The molecule has 0 bridgehead atoms. The molecule has 0 heterocycles. The number of ether oxygens (including phenoxy) is 1. The number of benzene rings is 2. The maximum atomic E-state index is 13.3. The van der Waals surface area contributed by atoms with Crippen LogP contribution in [0.15, 0.2) is 42.5 Å². The Labute approximate surface area is 106 Å². The second-order valence-corrected chi connectivity index (χ2v) is 4.29. The maximum Gasteiger partial charge on any atom is 0.128 e. The monoisotopic (exact) mass is 245 g/mol. The molecule has 94 valence electrons. The van der Waals surface area contributed by atoms with E-state index in [0.717, 1.165) is 11.1 Å². The van der Waals surface area contributed by atoms with Crippen LogP contribution in [-0.2, 0) is 18.0 Å². The highest BCUT2D eigenvalue weighted by molar-refractivity contribution is 5.48. The number of nitrogens with two attached hydrogens (primary N) is 1. The van der Waals surface area contributed by atoms with Gasteiger partial charge in [0.1, 0.15) is 5.82 Å². The first kappa shape index (κ1) is 12.6. The second kappa shape index (κ2) is 5.65. The summed E-state index contributed by atoms with van der Waals surface area (Å²) >= 11 is 0. The number of hydrogen-bond donors (Lipinski definition) is 1. The average Bonchev–Trinajstić information content (AvgIpc) is 2.34. The Morgan fingerprint density at radius 3 is 2.50 bits per heavy atom. The quantitative estimate of drug-likeness (QED) is 0.837. The van der Waals surface area contributed by atoms with E-state index >= 15 is 0 Å². The standard InChI is InChI=1S/C15H16FNO/c1-11-6-7-13(15(17)8-11)10-18-9-12-4-2-3-5-14(12)16/h2-8H,9-10,17H2,1H3. The predicted octanol–water partition coefficient (Wildman–Crippen LogP) is 3.43. The molecule has 0 amide bonds. The molecule has 0 aromatic heterocycles. The first-order valence-electron chi connectivity index (χ1n) is 5.83. The number of rotatable bonds is 4. The summed E-state index contributed by atoms with van der Waals surface area (Å²) in [7, 11) is 0.